The van der Waals surface area contributed by atoms with Gasteiger partial charge in [0.2, 0.25) is 21.7 Å². The Hall–Kier alpha value is -2.83. The predicted molar refractivity (Wildman–Crippen MR) is 110 cm³/mol. The third kappa shape index (κ3) is 4.77. The average Bonchev–Trinajstić information content (AvgIpc) is 3.29. The third-order valence-corrected chi connectivity index (χ3v) is 7.45. The van der Waals surface area contributed by atoms with Crippen molar-refractivity contribution in [2.75, 3.05) is 26.2 Å². The molecule has 3 aromatic rings. The Bertz CT molecular complexity index is 1240. The summed E-state index contributed by atoms with van der Waals surface area (Å²) in [6, 6.07) is 9.46. The summed E-state index contributed by atoms with van der Waals surface area (Å²) >= 11 is 0. The maximum absolute atomic E-state index is 14.0. The zero-order chi connectivity index (χ0) is 23.8. The lowest BCUT2D eigenvalue weighted by molar-refractivity contribution is -0.137. The Morgan fingerprint density at radius 1 is 1.03 bits per heavy atom. The summed E-state index contributed by atoms with van der Waals surface area (Å²) in [7, 11) is -3.97. The topological polar surface area (TPSA) is 79.5 Å². The van der Waals surface area contributed by atoms with E-state index in [1.165, 1.54) is 34.6 Å². The molecule has 4 rings (SSSR count). The van der Waals surface area contributed by atoms with E-state index in [9.17, 15) is 26.0 Å². The molecule has 176 valence electrons. The van der Waals surface area contributed by atoms with Crippen LogP contribution in [0.5, 0.6) is 0 Å². The van der Waals surface area contributed by atoms with Crippen LogP contribution in [0.25, 0.3) is 11.4 Å². The highest BCUT2D eigenvalue weighted by atomic mass is 32.2. The van der Waals surface area contributed by atoms with Gasteiger partial charge in [-0.15, -0.1) is 0 Å². The minimum atomic E-state index is -4.49. The lowest BCUT2D eigenvalue weighted by Gasteiger charge is -2.36. The van der Waals surface area contributed by atoms with E-state index in [0.717, 1.165) is 18.2 Å². The Morgan fingerprint density at radius 2 is 1.73 bits per heavy atom. The van der Waals surface area contributed by atoms with Crippen LogP contribution in [0.15, 0.2) is 57.9 Å². The molecular formula is C21H20F4N4O3S. The van der Waals surface area contributed by atoms with Crippen LogP contribution in [-0.4, -0.2) is 53.9 Å². The monoisotopic (exact) mass is 484 g/mol. The Kier molecular flexibility index (Phi) is 6.25. The molecule has 1 aliphatic rings. The molecular weight excluding hydrogens is 464 g/mol. The molecule has 0 bridgehead atoms. The molecule has 2 aromatic carbocycles. The molecule has 1 aromatic heterocycles. The molecule has 1 saturated heterocycles. The van der Waals surface area contributed by atoms with Crippen LogP contribution in [-0.2, 0) is 16.2 Å². The second-order valence-corrected chi connectivity index (χ2v) is 9.49. The van der Waals surface area contributed by atoms with Gasteiger partial charge in [-0.1, -0.05) is 29.4 Å². The number of rotatable bonds is 5. The summed E-state index contributed by atoms with van der Waals surface area (Å²) in [6.45, 7) is 2.71. The van der Waals surface area contributed by atoms with Crippen LogP contribution in [0.1, 0.15) is 24.4 Å². The van der Waals surface area contributed by atoms with Gasteiger partial charge in [0.25, 0.3) is 0 Å². The van der Waals surface area contributed by atoms with Crippen molar-refractivity contribution in [3.05, 3.63) is 65.8 Å². The maximum Gasteiger partial charge on any atom is 0.416 e. The van der Waals surface area contributed by atoms with Gasteiger partial charge in [0.05, 0.1) is 11.6 Å². The molecule has 33 heavy (non-hydrogen) atoms. The number of piperazine rings is 1. The first-order chi connectivity index (χ1) is 15.6. The maximum atomic E-state index is 14.0. The van der Waals surface area contributed by atoms with E-state index < -0.39 is 33.6 Å². The van der Waals surface area contributed by atoms with Crippen molar-refractivity contribution < 1.29 is 30.5 Å². The quantitative estimate of drug-likeness (QED) is 0.510. The number of halogens is 4. The summed E-state index contributed by atoms with van der Waals surface area (Å²) in [5.74, 6) is -0.571. The Balaban J connectivity index is 1.45. The molecule has 1 aliphatic heterocycles. The van der Waals surface area contributed by atoms with Crippen LogP contribution in [0, 0.1) is 5.82 Å². The van der Waals surface area contributed by atoms with E-state index in [-0.39, 0.29) is 35.3 Å². The van der Waals surface area contributed by atoms with E-state index in [1.54, 1.807) is 6.92 Å². The SMILES string of the molecule is CC(c1nc(-c2cccc(C(F)(F)F)c2)no1)N1CCN(S(=O)(=O)c2ccccc2F)CC1. The number of aromatic nitrogens is 2. The fourth-order valence-electron chi connectivity index (χ4n) is 3.64. The molecule has 0 aliphatic carbocycles. The first-order valence-corrected chi connectivity index (χ1v) is 11.5. The fraction of sp³-hybridized carbons (Fsp3) is 0.333. The Morgan fingerprint density at radius 3 is 2.39 bits per heavy atom. The van der Waals surface area contributed by atoms with Gasteiger partial charge in [-0.2, -0.15) is 22.5 Å². The van der Waals surface area contributed by atoms with Crippen LogP contribution in [0.3, 0.4) is 0 Å². The molecule has 1 unspecified atom stereocenters. The minimum absolute atomic E-state index is 0.0312. The van der Waals surface area contributed by atoms with Crippen molar-refractivity contribution >= 4 is 10.0 Å². The van der Waals surface area contributed by atoms with E-state index in [0.29, 0.717) is 13.1 Å². The van der Waals surface area contributed by atoms with Crippen molar-refractivity contribution in [3.8, 4) is 11.4 Å². The first-order valence-electron chi connectivity index (χ1n) is 10.1. The lowest BCUT2D eigenvalue weighted by atomic mass is 10.1. The van der Waals surface area contributed by atoms with Gasteiger partial charge < -0.3 is 4.52 Å². The molecule has 0 saturated carbocycles. The third-order valence-electron chi connectivity index (χ3n) is 5.52. The van der Waals surface area contributed by atoms with Gasteiger partial charge in [0.1, 0.15) is 10.7 Å². The number of hydrogen-bond donors (Lipinski definition) is 0. The molecule has 1 fully saturated rings. The molecule has 2 heterocycles. The van der Waals surface area contributed by atoms with Gasteiger partial charge in [-0.3, -0.25) is 4.90 Å². The van der Waals surface area contributed by atoms with E-state index in [4.69, 9.17) is 4.52 Å². The highest BCUT2D eigenvalue weighted by Gasteiger charge is 2.34. The van der Waals surface area contributed by atoms with Crippen molar-refractivity contribution in [2.24, 2.45) is 0 Å². The summed E-state index contributed by atoms with van der Waals surface area (Å²) in [4.78, 5) is 5.78. The van der Waals surface area contributed by atoms with Crippen molar-refractivity contribution in [2.45, 2.75) is 24.0 Å². The summed E-state index contributed by atoms with van der Waals surface area (Å²) < 4.78 is 84.9. The molecule has 0 amide bonds. The number of alkyl halides is 3. The average molecular weight is 484 g/mol. The molecule has 0 radical (unpaired) electrons. The molecule has 1 atom stereocenters. The van der Waals surface area contributed by atoms with Gasteiger partial charge in [0, 0.05) is 31.7 Å². The number of nitrogens with zero attached hydrogens (tertiary/aromatic N) is 4. The van der Waals surface area contributed by atoms with Crippen molar-refractivity contribution in [3.63, 3.8) is 0 Å². The van der Waals surface area contributed by atoms with Crippen molar-refractivity contribution in [1.29, 1.82) is 0 Å². The number of sulfonamides is 1. The van der Waals surface area contributed by atoms with Gasteiger partial charge >= 0.3 is 6.18 Å². The smallest absolute Gasteiger partial charge is 0.337 e. The van der Waals surface area contributed by atoms with E-state index in [2.05, 4.69) is 10.1 Å². The molecule has 12 heteroatoms. The second kappa shape index (κ2) is 8.84. The summed E-state index contributed by atoms with van der Waals surface area (Å²) in [6.07, 6.45) is -4.49. The number of benzene rings is 2. The molecule has 0 N–H and O–H groups in total. The fourth-order valence-corrected chi connectivity index (χ4v) is 5.12. The van der Waals surface area contributed by atoms with Crippen LogP contribution >= 0.6 is 0 Å². The first kappa shape index (κ1) is 23.3. The van der Waals surface area contributed by atoms with E-state index in [1.807, 2.05) is 4.90 Å². The van der Waals surface area contributed by atoms with E-state index >= 15 is 0 Å². The highest BCUT2D eigenvalue weighted by Crippen LogP contribution is 2.32. The van der Waals surface area contributed by atoms with Gasteiger partial charge in [-0.05, 0) is 31.2 Å². The zero-order valence-electron chi connectivity index (χ0n) is 17.5. The highest BCUT2D eigenvalue weighted by molar-refractivity contribution is 7.89. The standard InChI is InChI=1S/C21H20F4N4O3S/c1-14(20-26-19(27-32-20)15-5-4-6-16(13-15)21(23,24)25)28-9-11-29(12-10-28)33(30,31)18-8-3-2-7-17(18)22/h2-8,13-14H,9-12H2,1H3. The summed E-state index contributed by atoms with van der Waals surface area (Å²) in [5, 5.41) is 3.80. The van der Waals surface area contributed by atoms with Crippen LogP contribution in [0.4, 0.5) is 17.6 Å². The number of hydrogen-bond acceptors (Lipinski definition) is 6. The second-order valence-electron chi connectivity index (χ2n) is 7.58. The van der Waals surface area contributed by atoms with Gasteiger partial charge in [0.15, 0.2) is 0 Å². The zero-order valence-corrected chi connectivity index (χ0v) is 18.3. The summed E-state index contributed by atoms with van der Waals surface area (Å²) in [5.41, 5.74) is -0.639. The van der Waals surface area contributed by atoms with Gasteiger partial charge in [-0.25, -0.2) is 12.8 Å². The Labute approximate surface area is 187 Å². The molecule has 0 spiro atoms. The van der Waals surface area contributed by atoms with Crippen LogP contribution in [0.2, 0.25) is 0 Å². The predicted octanol–water partition coefficient (Wildman–Crippen LogP) is 3.96. The lowest BCUT2D eigenvalue weighted by Crippen LogP contribution is -2.49. The van der Waals surface area contributed by atoms with Crippen LogP contribution < -0.4 is 0 Å². The largest absolute Gasteiger partial charge is 0.416 e. The minimum Gasteiger partial charge on any atom is -0.337 e. The van der Waals surface area contributed by atoms with Crippen molar-refractivity contribution in [1.82, 2.24) is 19.3 Å². The normalized spacial score (nSPS) is 17.2. The molecule has 7 nitrogen and oxygen atoms in total.